The van der Waals surface area contributed by atoms with Gasteiger partial charge in [-0.1, -0.05) is 47.5 Å². The highest BCUT2D eigenvalue weighted by Crippen LogP contribution is 2.43. The van der Waals surface area contributed by atoms with E-state index >= 15 is 0 Å². The molecule has 3 atom stereocenters. The van der Waals surface area contributed by atoms with Gasteiger partial charge < -0.3 is 5.32 Å². The molecular formula is C16H33N. The second-order valence-electron chi connectivity index (χ2n) is 6.89. The van der Waals surface area contributed by atoms with E-state index in [2.05, 4.69) is 39.9 Å². The van der Waals surface area contributed by atoms with Crippen molar-refractivity contribution in [2.45, 2.75) is 79.2 Å². The molecule has 1 N–H and O–H groups in total. The first-order valence-corrected chi connectivity index (χ1v) is 7.74. The minimum Gasteiger partial charge on any atom is -0.314 e. The van der Waals surface area contributed by atoms with Crippen LogP contribution < -0.4 is 5.32 Å². The van der Waals surface area contributed by atoms with E-state index in [0.717, 1.165) is 17.9 Å². The average molecular weight is 239 g/mol. The van der Waals surface area contributed by atoms with Gasteiger partial charge in [0, 0.05) is 6.04 Å². The zero-order valence-corrected chi connectivity index (χ0v) is 12.7. The van der Waals surface area contributed by atoms with Crippen LogP contribution in [0.25, 0.3) is 0 Å². The topological polar surface area (TPSA) is 12.0 Å². The van der Waals surface area contributed by atoms with E-state index in [0.29, 0.717) is 5.41 Å². The lowest BCUT2D eigenvalue weighted by Crippen LogP contribution is -2.44. The summed E-state index contributed by atoms with van der Waals surface area (Å²) in [6.07, 6.45) is 8.32. The van der Waals surface area contributed by atoms with E-state index in [1.807, 2.05) is 0 Å². The van der Waals surface area contributed by atoms with E-state index in [1.165, 1.54) is 45.1 Å². The standard InChI is InChI=1S/C16H33N/c1-6-12-17-15(7-2)13-10-8-9-11-14(13)16(3,4)5/h13-15,17H,6-12H2,1-5H3. The molecule has 3 unspecified atom stereocenters. The Bertz CT molecular complexity index is 204. The smallest absolute Gasteiger partial charge is 0.00955 e. The molecule has 0 amide bonds. The zero-order chi connectivity index (χ0) is 12.9. The van der Waals surface area contributed by atoms with Gasteiger partial charge in [0.05, 0.1) is 0 Å². The van der Waals surface area contributed by atoms with Gasteiger partial charge in [-0.05, 0) is 49.5 Å². The third-order valence-electron chi connectivity index (χ3n) is 4.54. The first-order valence-electron chi connectivity index (χ1n) is 7.74. The van der Waals surface area contributed by atoms with Crippen LogP contribution in [0.15, 0.2) is 0 Å². The van der Waals surface area contributed by atoms with Crippen molar-refractivity contribution >= 4 is 0 Å². The molecule has 1 saturated carbocycles. The summed E-state index contributed by atoms with van der Waals surface area (Å²) in [4.78, 5) is 0. The van der Waals surface area contributed by atoms with Gasteiger partial charge in [-0.3, -0.25) is 0 Å². The van der Waals surface area contributed by atoms with Crippen molar-refractivity contribution in [2.24, 2.45) is 17.3 Å². The Morgan fingerprint density at radius 3 is 2.29 bits per heavy atom. The van der Waals surface area contributed by atoms with Crippen molar-refractivity contribution < 1.29 is 0 Å². The molecule has 1 aliphatic carbocycles. The van der Waals surface area contributed by atoms with Gasteiger partial charge in [-0.2, -0.15) is 0 Å². The van der Waals surface area contributed by atoms with Gasteiger partial charge in [0.15, 0.2) is 0 Å². The zero-order valence-electron chi connectivity index (χ0n) is 12.7. The normalized spacial score (nSPS) is 28.1. The van der Waals surface area contributed by atoms with Crippen molar-refractivity contribution in [3.8, 4) is 0 Å². The summed E-state index contributed by atoms with van der Waals surface area (Å²) in [5.41, 5.74) is 0.479. The summed E-state index contributed by atoms with van der Waals surface area (Å²) in [6.45, 7) is 13.1. The molecule has 1 heteroatoms. The predicted octanol–water partition coefficient (Wildman–Crippen LogP) is 4.62. The lowest BCUT2D eigenvalue weighted by atomic mass is 9.64. The maximum Gasteiger partial charge on any atom is 0.00955 e. The van der Waals surface area contributed by atoms with Crippen LogP contribution in [0.2, 0.25) is 0 Å². The second kappa shape index (κ2) is 6.78. The van der Waals surface area contributed by atoms with Gasteiger partial charge in [0.1, 0.15) is 0 Å². The third kappa shape index (κ3) is 4.28. The van der Waals surface area contributed by atoms with E-state index in [4.69, 9.17) is 0 Å². The lowest BCUT2D eigenvalue weighted by molar-refractivity contribution is 0.0781. The molecule has 1 nitrogen and oxygen atoms in total. The molecule has 1 aliphatic rings. The highest BCUT2D eigenvalue weighted by atomic mass is 14.9. The SMILES string of the molecule is CCCNC(CC)C1CCCCC1C(C)(C)C. The average Bonchev–Trinajstić information content (AvgIpc) is 2.29. The Hall–Kier alpha value is -0.0400. The molecule has 0 saturated heterocycles. The number of nitrogens with one attached hydrogen (secondary N) is 1. The molecule has 0 aliphatic heterocycles. The minimum atomic E-state index is 0.479. The molecule has 0 aromatic rings. The highest BCUT2D eigenvalue weighted by molar-refractivity contribution is 4.89. The van der Waals surface area contributed by atoms with E-state index in [-0.39, 0.29) is 0 Å². The Labute approximate surface area is 109 Å². The minimum absolute atomic E-state index is 0.479. The van der Waals surface area contributed by atoms with Gasteiger partial charge in [-0.15, -0.1) is 0 Å². The highest BCUT2D eigenvalue weighted by Gasteiger charge is 2.37. The Morgan fingerprint density at radius 2 is 1.76 bits per heavy atom. The fraction of sp³-hybridized carbons (Fsp3) is 1.00. The molecule has 102 valence electrons. The summed E-state index contributed by atoms with van der Waals surface area (Å²) < 4.78 is 0. The quantitative estimate of drug-likeness (QED) is 0.738. The van der Waals surface area contributed by atoms with Crippen molar-refractivity contribution in [3.05, 3.63) is 0 Å². The summed E-state index contributed by atoms with van der Waals surface area (Å²) >= 11 is 0. The molecular weight excluding hydrogens is 206 g/mol. The Balaban J connectivity index is 2.68. The fourth-order valence-corrected chi connectivity index (χ4v) is 3.64. The molecule has 0 aromatic carbocycles. The van der Waals surface area contributed by atoms with Crippen LogP contribution in [-0.4, -0.2) is 12.6 Å². The lowest BCUT2D eigenvalue weighted by Gasteiger charge is -2.44. The van der Waals surface area contributed by atoms with E-state index < -0.39 is 0 Å². The largest absolute Gasteiger partial charge is 0.314 e. The van der Waals surface area contributed by atoms with Gasteiger partial charge >= 0.3 is 0 Å². The summed E-state index contributed by atoms with van der Waals surface area (Å²) in [7, 11) is 0. The van der Waals surface area contributed by atoms with Crippen molar-refractivity contribution in [2.75, 3.05) is 6.54 Å². The molecule has 17 heavy (non-hydrogen) atoms. The summed E-state index contributed by atoms with van der Waals surface area (Å²) in [5.74, 6) is 1.81. The Kier molecular flexibility index (Phi) is 5.99. The molecule has 1 rings (SSSR count). The van der Waals surface area contributed by atoms with Crippen LogP contribution >= 0.6 is 0 Å². The molecule has 0 aromatic heterocycles. The molecule has 0 heterocycles. The van der Waals surface area contributed by atoms with E-state index in [1.54, 1.807) is 0 Å². The predicted molar refractivity (Wildman–Crippen MR) is 77.3 cm³/mol. The van der Waals surface area contributed by atoms with Crippen molar-refractivity contribution in [1.29, 1.82) is 0 Å². The van der Waals surface area contributed by atoms with E-state index in [9.17, 15) is 0 Å². The number of hydrogen-bond acceptors (Lipinski definition) is 1. The van der Waals surface area contributed by atoms with Crippen LogP contribution in [0.4, 0.5) is 0 Å². The van der Waals surface area contributed by atoms with Crippen molar-refractivity contribution in [3.63, 3.8) is 0 Å². The van der Waals surface area contributed by atoms with Crippen LogP contribution in [0.1, 0.15) is 73.1 Å². The molecule has 0 radical (unpaired) electrons. The molecule has 0 spiro atoms. The number of hydrogen-bond donors (Lipinski definition) is 1. The molecule has 1 fully saturated rings. The monoisotopic (exact) mass is 239 g/mol. The van der Waals surface area contributed by atoms with Crippen LogP contribution in [0.3, 0.4) is 0 Å². The summed E-state index contributed by atoms with van der Waals surface area (Å²) in [6, 6.07) is 0.750. The third-order valence-corrected chi connectivity index (χ3v) is 4.54. The maximum atomic E-state index is 3.79. The summed E-state index contributed by atoms with van der Waals surface area (Å²) in [5, 5.41) is 3.79. The second-order valence-corrected chi connectivity index (χ2v) is 6.89. The Morgan fingerprint density at radius 1 is 1.12 bits per heavy atom. The van der Waals surface area contributed by atoms with Gasteiger partial charge in [-0.25, -0.2) is 0 Å². The maximum absolute atomic E-state index is 3.79. The van der Waals surface area contributed by atoms with Gasteiger partial charge in [0.25, 0.3) is 0 Å². The first-order chi connectivity index (χ1) is 8.00. The van der Waals surface area contributed by atoms with Crippen molar-refractivity contribution in [1.82, 2.24) is 5.32 Å². The number of rotatable bonds is 5. The van der Waals surface area contributed by atoms with Crippen LogP contribution in [0.5, 0.6) is 0 Å². The fourth-order valence-electron chi connectivity index (χ4n) is 3.64. The first kappa shape index (κ1) is 15.0. The molecule has 0 bridgehead atoms. The van der Waals surface area contributed by atoms with Gasteiger partial charge in [0.2, 0.25) is 0 Å². The van der Waals surface area contributed by atoms with Crippen LogP contribution in [0, 0.1) is 17.3 Å². The van der Waals surface area contributed by atoms with Crippen LogP contribution in [-0.2, 0) is 0 Å².